The fraction of sp³-hybridized carbons (Fsp3) is 0.667. The summed E-state index contributed by atoms with van der Waals surface area (Å²) in [5, 5.41) is 0. The maximum Gasteiger partial charge on any atom is 0.462 e. The van der Waals surface area contributed by atoms with Gasteiger partial charge in [0.05, 0.1) is 18.3 Å². The van der Waals surface area contributed by atoms with Gasteiger partial charge in [0.2, 0.25) is 0 Å². The second kappa shape index (κ2) is 4.30. The highest BCUT2D eigenvalue weighted by molar-refractivity contribution is 6.49. The number of benzene rings is 1. The molecule has 1 atom stereocenters. The van der Waals surface area contributed by atoms with E-state index >= 15 is 0 Å². The average molecular weight is 300 g/mol. The molecular formula is C18H25BO3. The van der Waals surface area contributed by atoms with Crippen LogP contribution in [0.5, 0.6) is 5.75 Å². The quantitative estimate of drug-likeness (QED) is 0.794. The van der Waals surface area contributed by atoms with E-state index in [2.05, 4.69) is 52.0 Å². The Morgan fingerprint density at radius 2 is 1.55 bits per heavy atom. The predicted molar refractivity (Wildman–Crippen MR) is 87.2 cm³/mol. The first-order valence-corrected chi connectivity index (χ1v) is 8.29. The van der Waals surface area contributed by atoms with Gasteiger partial charge in [-0.25, -0.2) is 0 Å². The largest absolute Gasteiger partial charge is 0.497 e. The van der Waals surface area contributed by atoms with Gasteiger partial charge in [-0.3, -0.25) is 0 Å². The Hall–Kier alpha value is -0.995. The molecular weight excluding hydrogens is 275 g/mol. The van der Waals surface area contributed by atoms with Crippen molar-refractivity contribution in [1.29, 1.82) is 0 Å². The monoisotopic (exact) mass is 300 g/mol. The Morgan fingerprint density at radius 1 is 1.00 bits per heavy atom. The highest BCUT2D eigenvalue weighted by Crippen LogP contribution is 2.75. The first-order chi connectivity index (χ1) is 10.3. The molecule has 5 rings (SSSR count). The zero-order valence-corrected chi connectivity index (χ0v) is 14.2. The van der Waals surface area contributed by atoms with E-state index in [9.17, 15) is 0 Å². The molecule has 3 nitrogen and oxygen atoms in total. The van der Waals surface area contributed by atoms with E-state index in [1.54, 1.807) is 7.11 Å². The topological polar surface area (TPSA) is 27.7 Å². The number of hydrogen-bond donors (Lipinski definition) is 0. The lowest BCUT2D eigenvalue weighted by atomic mass is 9.27. The molecule has 1 heterocycles. The SMILES string of the molecule is COc1ccc(C23CC(C2)C3B2OC(C)(C)C(C)(C)O2)cc1. The molecule has 1 aromatic carbocycles. The van der Waals surface area contributed by atoms with Gasteiger partial charge in [0.15, 0.2) is 0 Å². The molecule has 0 aromatic heterocycles. The number of hydrogen-bond acceptors (Lipinski definition) is 3. The summed E-state index contributed by atoms with van der Waals surface area (Å²) in [6.07, 6.45) is 2.54. The molecule has 3 saturated carbocycles. The second-order valence-electron chi connectivity index (χ2n) is 8.20. The highest BCUT2D eigenvalue weighted by Gasteiger charge is 2.73. The molecule has 1 aliphatic heterocycles. The van der Waals surface area contributed by atoms with Crippen molar-refractivity contribution in [2.75, 3.05) is 7.11 Å². The normalized spacial score (nSPS) is 37.4. The van der Waals surface area contributed by atoms with Gasteiger partial charge >= 0.3 is 7.12 Å². The molecule has 4 heteroatoms. The van der Waals surface area contributed by atoms with E-state index in [1.807, 2.05) is 0 Å². The minimum Gasteiger partial charge on any atom is -0.497 e. The van der Waals surface area contributed by atoms with Crippen molar-refractivity contribution >= 4 is 7.12 Å². The molecule has 1 saturated heterocycles. The summed E-state index contributed by atoms with van der Waals surface area (Å²) in [6.45, 7) is 8.54. The Labute approximate surface area is 133 Å². The van der Waals surface area contributed by atoms with Crippen LogP contribution in [0, 0.1) is 5.92 Å². The second-order valence-corrected chi connectivity index (χ2v) is 8.20. The van der Waals surface area contributed by atoms with Crippen molar-refractivity contribution in [2.24, 2.45) is 5.92 Å². The van der Waals surface area contributed by atoms with Gasteiger partial charge in [0.25, 0.3) is 0 Å². The van der Waals surface area contributed by atoms with Crippen molar-refractivity contribution in [3.63, 3.8) is 0 Å². The molecule has 3 aliphatic carbocycles. The molecule has 1 aromatic rings. The lowest BCUT2D eigenvalue weighted by molar-refractivity contribution is -0.0455. The summed E-state index contributed by atoms with van der Waals surface area (Å²) < 4.78 is 17.9. The zero-order chi connectivity index (χ0) is 15.8. The van der Waals surface area contributed by atoms with Crippen molar-refractivity contribution in [1.82, 2.24) is 0 Å². The Bertz CT molecular complexity index is 571. The van der Waals surface area contributed by atoms with E-state index in [1.165, 1.54) is 18.4 Å². The smallest absolute Gasteiger partial charge is 0.462 e. The van der Waals surface area contributed by atoms with E-state index in [0.717, 1.165) is 11.7 Å². The summed E-state index contributed by atoms with van der Waals surface area (Å²) in [4.78, 5) is 0. The van der Waals surface area contributed by atoms with Crippen LogP contribution in [0.1, 0.15) is 46.1 Å². The zero-order valence-electron chi connectivity index (χ0n) is 14.2. The molecule has 4 fully saturated rings. The van der Waals surface area contributed by atoms with Gasteiger partial charge in [-0.2, -0.15) is 0 Å². The molecule has 4 aliphatic rings. The summed E-state index contributed by atoms with van der Waals surface area (Å²) >= 11 is 0. The number of rotatable bonds is 3. The third kappa shape index (κ3) is 1.71. The molecule has 0 spiro atoms. The number of methoxy groups -OCH3 is 1. The third-order valence-electron chi connectivity index (χ3n) is 6.63. The van der Waals surface area contributed by atoms with E-state index in [-0.39, 0.29) is 23.7 Å². The molecule has 0 amide bonds. The minimum absolute atomic E-state index is 0.0698. The summed E-state index contributed by atoms with van der Waals surface area (Å²) in [6, 6.07) is 8.56. The summed E-state index contributed by atoms with van der Waals surface area (Å²) in [5.41, 5.74) is 1.20. The lowest BCUT2D eigenvalue weighted by Crippen LogP contribution is -2.66. The van der Waals surface area contributed by atoms with Crippen LogP contribution in [0.3, 0.4) is 0 Å². The van der Waals surface area contributed by atoms with Crippen LogP contribution in [0.4, 0.5) is 0 Å². The van der Waals surface area contributed by atoms with Crippen LogP contribution in [0.2, 0.25) is 5.82 Å². The van der Waals surface area contributed by atoms with Crippen LogP contribution in [0.25, 0.3) is 0 Å². The highest BCUT2D eigenvalue weighted by atomic mass is 16.7. The van der Waals surface area contributed by atoms with Gasteiger partial charge in [0.1, 0.15) is 5.75 Å². The molecule has 0 N–H and O–H groups in total. The Balaban J connectivity index is 1.58. The molecule has 0 radical (unpaired) electrons. The summed E-state index contributed by atoms with van der Waals surface area (Å²) in [7, 11) is 1.64. The first kappa shape index (κ1) is 14.6. The van der Waals surface area contributed by atoms with Crippen molar-refractivity contribution in [3.05, 3.63) is 29.8 Å². The third-order valence-corrected chi connectivity index (χ3v) is 6.63. The number of ether oxygens (including phenoxy) is 1. The van der Waals surface area contributed by atoms with E-state index in [4.69, 9.17) is 14.0 Å². The molecule has 118 valence electrons. The first-order valence-electron chi connectivity index (χ1n) is 8.29. The van der Waals surface area contributed by atoms with Gasteiger partial charge in [-0.1, -0.05) is 12.1 Å². The maximum atomic E-state index is 6.31. The minimum atomic E-state index is -0.235. The van der Waals surface area contributed by atoms with Crippen molar-refractivity contribution < 1.29 is 14.0 Å². The van der Waals surface area contributed by atoms with E-state index in [0.29, 0.717) is 5.82 Å². The van der Waals surface area contributed by atoms with Gasteiger partial charge in [-0.05, 0) is 69.6 Å². The lowest BCUT2D eigenvalue weighted by Gasteiger charge is -2.69. The van der Waals surface area contributed by atoms with Gasteiger partial charge < -0.3 is 14.0 Å². The predicted octanol–water partition coefficient (Wildman–Crippen LogP) is 3.82. The van der Waals surface area contributed by atoms with Crippen LogP contribution in [0.15, 0.2) is 24.3 Å². The van der Waals surface area contributed by atoms with Crippen LogP contribution in [-0.4, -0.2) is 25.4 Å². The Kier molecular flexibility index (Phi) is 2.85. The van der Waals surface area contributed by atoms with Crippen molar-refractivity contribution in [3.8, 4) is 5.75 Å². The fourth-order valence-electron chi connectivity index (χ4n) is 4.40. The molecule has 22 heavy (non-hydrogen) atoms. The van der Waals surface area contributed by atoms with E-state index < -0.39 is 0 Å². The average Bonchev–Trinajstić information content (AvgIpc) is 2.55. The maximum absolute atomic E-state index is 6.31. The molecule has 1 unspecified atom stereocenters. The van der Waals surface area contributed by atoms with Crippen LogP contribution >= 0.6 is 0 Å². The van der Waals surface area contributed by atoms with Gasteiger partial charge in [0, 0.05) is 5.82 Å². The standard InChI is InChI=1S/C18H25BO3/c1-16(2)17(3,4)22-19(21-16)15-12-10-18(15,11-12)13-6-8-14(20-5)9-7-13/h6-9,12,15H,10-11H2,1-5H3. The van der Waals surface area contributed by atoms with Gasteiger partial charge in [-0.15, -0.1) is 0 Å². The fourth-order valence-corrected chi connectivity index (χ4v) is 4.40. The summed E-state index contributed by atoms with van der Waals surface area (Å²) in [5.74, 6) is 2.18. The molecule has 2 bridgehead atoms. The van der Waals surface area contributed by atoms with Crippen LogP contribution in [-0.2, 0) is 14.7 Å². The van der Waals surface area contributed by atoms with Crippen LogP contribution < -0.4 is 4.74 Å². The Morgan fingerprint density at radius 3 is 1.95 bits per heavy atom. The van der Waals surface area contributed by atoms with Crippen molar-refractivity contribution in [2.45, 2.75) is 63.0 Å².